The smallest absolute Gasteiger partial charge is 0.417 e. The number of halogens is 4. The third-order valence-corrected chi connectivity index (χ3v) is 4.61. The summed E-state index contributed by atoms with van der Waals surface area (Å²) in [4.78, 5) is 25.9. The predicted octanol–water partition coefficient (Wildman–Crippen LogP) is 3.98. The number of alkyl halides is 3. The number of benzene rings is 1. The maximum Gasteiger partial charge on any atom is 0.417 e. The molecule has 1 aliphatic rings. The lowest BCUT2D eigenvalue weighted by molar-refractivity contribution is -0.149. The average Bonchev–Trinajstić information content (AvgIpc) is 2.67. The highest BCUT2D eigenvalue weighted by atomic mass is 35.5. The molecule has 10 heteroatoms. The summed E-state index contributed by atoms with van der Waals surface area (Å²) < 4.78 is 43.9. The molecule has 156 valence electrons. The molecular weight excluding hydrogens is 411 g/mol. The van der Waals surface area contributed by atoms with E-state index in [-0.39, 0.29) is 36.3 Å². The van der Waals surface area contributed by atoms with Crippen molar-refractivity contribution in [3.63, 3.8) is 0 Å². The molecule has 1 aromatic carbocycles. The summed E-state index contributed by atoms with van der Waals surface area (Å²) in [5, 5.41) is 11.1. The summed E-state index contributed by atoms with van der Waals surface area (Å²) in [7, 11) is 0. The maximum absolute atomic E-state index is 13.0. The van der Waals surface area contributed by atoms with Crippen LogP contribution in [-0.2, 0) is 20.5 Å². The fraction of sp³-hybridized carbons (Fsp3) is 0.421. The standard InChI is InChI=1S/C19H19ClF3N3O3/c1-2-29-18(28)12-4-3-7-26(10-12)11-13(9-24)17(27)25-14-5-6-16(20)15(8-14)19(21,22)23/h5-6,8,11-12H,2-4,7,10H2,1H3,(H,25,27)/b13-11-. The second-order valence-corrected chi connectivity index (χ2v) is 6.79. The molecule has 0 saturated carbocycles. The topological polar surface area (TPSA) is 82.4 Å². The second kappa shape index (κ2) is 9.65. The van der Waals surface area contributed by atoms with E-state index in [0.29, 0.717) is 25.5 Å². The summed E-state index contributed by atoms with van der Waals surface area (Å²) in [5.74, 6) is -1.57. The Morgan fingerprint density at radius 1 is 1.45 bits per heavy atom. The Balaban J connectivity index is 2.13. The van der Waals surface area contributed by atoms with Crippen molar-refractivity contribution in [2.45, 2.75) is 25.9 Å². The van der Waals surface area contributed by atoms with E-state index in [4.69, 9.17) is 16.3 Å². The Bertz CT molecular complexity index is 849. The lowest BCUT2D eigenvalue weighted by Crippen LogP contribution is -2.37. The van der Waals surface area contributed by atoms with Crippen molar-refractivity contribution >= 4 is 29.2 Å². The molecule has 1 amide bonds. The number of nitriles is 1. The lowest BCUT2D eigenvalue weighted by atomic mass is 9.98. The Morgan fingerprint density at radius 2 is 2.17 bits per heavy atom. The molecule has 1 unspecified atom stereocenters. The van der Waals surface area contributed by atoms with Gasteiger partial charge in [-0.15, -0.1) is 0 Å². The van der Waals surface area contributed by atoms with Crippen molar-refractivity contribution in [3.8, 4) is 6.07 Å². The van der Waals surface area contributed by atoms with Gasteiger partial charge in [0.1, 0.15) is 11.6 Å². The molecule has 2 rings (SSSR count). The molecule has 1 aliphatic heterocycles. The van der Waals surface area contributed by atoms with Crippen LogP contribution in [0.4, 0.5) is 18.9 Å². The van der Waals surface area contributed by atoms with Crippen LogP contribution in [-0.4, -0.2) is 36.5 Å². The molecule has 1 atom stereocenters. The fourth-order valence-corrected chi connectivity index (χ4v) is 3.14. The zero-order valence-corrected chi connectivity index (χ0v) is 16.3. The van der Waals surface area contributed by atoms with Crippen LogP contribution in [0, 0.1) is 17.2 Å². The molecule has 1 N–H and O–H groups in total. The van der Waals surface area contributed by atoms with E-state index in [0.717, 1.165) is 6.07 Å². The van der Waals surface area contributed by atoms with Gasteiger partial charge in [0.15, 0.2) is 0 Å². The first-order valence-corrected chi connectivity index (χ1v) is 9.24. The highest BCUT2D eigenvalue weighted by Gasteiger charge is 2.33. The second-order valence-electron chi connectivity index (χ2n) is 6.39. The van der Waals surface area contributed by atoms with Gasteiger partial charge in [0.05, 0.1) is 23.1 Å². The Labute approximate surface area is 170 Å². The number of carbonyl (C=O) groups is 2. The van der Waals surface area contributed by atoms with Crippen molar-refractivity contribution in [1.29, 1.82) is 5.26 Å². The minimum Gasteiger partial charge on any atom is -0.466 e. The summed E-state index contributed by atoms with van der Waals surface area (Å²) in [6, 6.07) is 4.67. The summed E-state index contributed by atoms with van der Waals surface area (Å²) in [6.07, 6.45) is -2.06. The molecule has 1 fully saturated rings. The third kappa shape index (κ3) is 6.12. The van der Waals surface area contributed by atoms with Gasteiger partial charge >= 0.3 is 12.1 Å². The molecular formula is C19H19ClF3N3O3. The van der Waals surface area contributed by atoms with Gasteiger partial charge in [-0.2, -0.15) is 18.4 Å². The van der Waals surface area contributed by atoms with Crippen molar-refractivity contribution in [1.82, 2.24) is 4.90 Å². The first kappa shape index (κ1) is 22.6. The third-order valence-electron chi connectivity index (χ3n) is 4.28. The molecule has 0 radical (unpaired) electrons. The first-order chi connectivity index (χ1) is 13.7. The summed E-state index contributed by atoms with van der Waals surface area (Å²) >= 11 is 5.56. The van der Waals surface area contributed by atoms with Crippen LogP contribution in [0.3, 0.4) is 0 Å². The number of nitrogens with zero attached hydrogens (tertiary/aromatic N) is 2. The molecule has 0 spiro atoms. The van der Waals surface area contributed by atoms with Gasteiger partial charge in [0.2, 0.25) is 0 Å². The number of rotatable bonds is 5. The molecule has 0 bridgehead atoms. The normalized spacial score (nSPS) is 17.4. The van der Waals surface area contributed by atoms with Gasteiger partial charge in [-0.3, -0.25) is 9.59 Å². The van der Waals surface area contributed by atoms with Crippen LogP contribution in [0.2, 0.25) is 5.02 Å². The number of anilines is 1. The molecule has 1 aromatic rings. The highest BCUT2D eigenvalue weighted by Crippen LogP contribution is 2.36. The minimum absolute atomic E-state index is 0.143. The number of piperidine rings is 1. The van der Waals surface area contributed by atoms with Crippen LogP contribution in [0.5, 0.6) is 0 Å². The number of nitrogens with one attached hydrogen (secondary N) is 1. The molecule has 29 heavy (non-hydrogen) atoms. The molecule has 0 aromatic heterocycles. The highest BCUT2D eigenvalue weighted by molar-refractivity contribution is 6.31. The fourth-order valence-electron chi connectivity index (χ4n) is 2.92. The number of likely N-dealkylation sites (tertiary alicyclic amines) is 1. The van der Waals surface area contributed by atoms with E-state index in [9.17, 15) is 28.0 Å². The Kier molecular flexibility index (Phi) is 7.51. The quantitative estimate of drug-likeness (QED) is 0.435. The van der Waals surface area contributed by atoms with Crippen LogP contribution < -0.4 is 5.32 Å². The van der Waals surface area contributed by atoms with Gasteiger partial charge in [-0.1, -0.05) is 11.6 Å². The SMILES string of the molecule is CCOC(=O)C1CCCN(/C=C(/C#N)C(=O)Nc2ccc(Cl)c(C(F)(F)F)c2)C1. The van der Waals surface area contributed by atoms with Crippen LogP contribution in [0.25, 0.3) is 0 Å². The number of amides is 1. The largest absolute Gasteiger partial charge is 0.466 e. The van der Waals surface area contributed by atoms with E-state index in [2.05, 4.69) is 5.32 Å². The van der Waals surface area contributed by atoms with Gasteiger partial charge in [-0.25, -0.2) is 0 Å². The number of hydrogen-bond acceptors (Lipinski definition) is 5. The van der Waals surface area contributed by atoms with Crippen molar-refractivity contribution < 1.29 is 27.5 Å². The minimum atomic E-state index is -4.68. The number of carbonyl (C=O) groups excluding carboxylic acids is 2. The Morgan fingerprint density at radius 3 is 2.79 bits per heavy atom. The number of ether oxygens (including phenoxy) is 1. The molecule has 0 aliphatic carbocycles. The van der Waals surface area contributed by atoms with Crippen molar-refractivity contribution in [2.24, 2.45) is 5.92 Å². The predicted molar refractivity (Wildman–Crippen MR) is 99.7 cm³/mol. The molecule has 6 nitrogen and oxygen atoms in total. The van der Waals surface area contributed by atoms with E-state index in [1.807, 2.05) is 0 Å². The average molecular weight is 430 g/mol. The summed E-state index contributed by atoms with van der Waals surface area (Å²) in [6.45, 7) is 2.79. The van der Waals surface area contributed by atoms with Gasteiger partial charge in [-0.05, 0) is 38.0 Å². The van der Waals surface area contributed by atoms with Gasteiger partial charge in [0.25, 0.3) is 5.91 Å². The number of hydrogen-bond donors (Lipinski definition) is 1. The monoisotopic (exact) mass is 429 g/mol. The van der Waals surface area contributed by atoms with E-state index in [1.165, 1.54) is 12.3 Å². The van der Waals surface area contributed by atoms with Crippen LogP contribution >= 0.6 is 11.6 Å². The number of esters is 1. The lowest BCUT2D eigenvalue weighted by Gasteiger charge is -2.30. The maximum atomic E-state index is 13.0. The van der Waals surface area contributed by atoms with E-state index in [1.54, 1.807) is 17.9 Å². The summed E-state index contributed by atoms with van der Waals surface area (Å²) in [5.41, 5.74) is -1.53. The van der Waals surface area contributed by atoms with Crippen molar-refractivity contribution in [3.05, 3.63) is 40.6 Å². The molecule has 1 saturated heterocycles. The van der Waals surface area contributed by atoms with Crippen LogP contribution in [0.1, 0.15) is 25.3 Å². The van der Waals surface area contributed by atoms with Gasteiger partial charge in [0, 0.05) is 25.0 Å². The van der Waals surface area contributed by atoms with E-state index >= 15 is 0 Å². The van der Waals surface area contributed by atoms with Crippen molar-refractivity contribution in [2.75, 3.05) is 25.0 Å². The zero-order chi connectivity index (χ0) is 21.6. The van der Waals surface area contributed by atoms with Crippen LogP contribution in [0.15, 0.2) is 30.0 Å². The van der Waals surface area contributed by atoms with Gasteiger partial charge < -0.3 is 15.0 Å². The Hall–Kier alpha value is -2.73. The first-order valence-electron chi connectivity index (χ1n) is 8.86. The molecule has 1 heterocycles. The zero-order valence-electron chi connectivity index (χ0n) is 15.6. The van der Waals surface area contributed by atoms with E-state index < -0.39 is 22.7 Å².